The van der Waals surface area contributed by atoms with Crippen molar-refractivity contribution in [1.82, 2.24) is 9.96 Å². The van der Waals surface area contributed by atoms with Gasteiger partial charge in [-0.3, -0.25) is 14.5 Å². The van der Waals surface area contributed by atoms with E-state index in [0.717, 1.165) is 23.2 Å². The lowest BCUT2D eigenvalue weighted by Gasteiger charge is -2.34. The first-order chi connectivity index (χ1) is 20.5. The summed E-state index contributed by atoms with van der Waals surface area (Å²) >= 11 is 12.4. The number of hydrogen-bond acceptors (Lipinski definition) is 5. The fourth-order valence-electron chi connectivity index (χ4n) is 5.04. The van der Waals surface area contributed by atoms with Crippen LogP contribution in [0.3, 0.4) is 0 Å². The number of halogens is 2. The van der Waals surface area contributed by atoms with Crippen LogP contribution < -0.4 is 0 Å². The summed E-state index contributed by atoms with van der Waals surface area (Å²) in [5, 5.41) is 2.32. The second-order valence-electron chi connectivity index (χ2n) is 10.3. The molecule has 4 aromatic rings. The number of carbonyl (C=O) groups is 2. The number of esters is 1. The quantitative estimate of drug-likeness (QED) is 0.134. The highest BCUT2D eigenvalue weighted by Gasteiger charge is 2.33. The Kier molecular flexibility index (Phi) is 10.3. The smallest absolute Gasteiger partial charge is 0.338 e. The highest BCUT2D eigenvalue weighted by Crippen LogP contribution is 2.28. The van der Waals surface area contributed by atoms with Gasteiger partial charge in [0.1, 0.15) is 12.7 Å². The van der Waals surface area contributed by atoms with Gasteiger partial charge in [0.25, 0.3) is 5.91 Å². The molecule has 216 valence electrons. The lowest BCUT2D eigenvalue weighted by Crippen LogP contribution is -2.42. The van der Waals surface area contributed by atoms with Crippen LogP contribution in [0.1, 0.15) is 39.5 Å². The summed E-state index contributed by atoms with van der Waals surface area (Å²) < 4.78 is 5.81. The average molecular weight is 604 g/mol. The topological polar surface area (TPSA) is 59.1 Å². The summed E-state index contributed by atoms with van der Waals surface area (Å²) in [5.74, 6) is -0.531. The van der Waals surface area contributed by atoms with Crippen molar-refractivity contribution in [3.63, 3.8) is 0 Å². The first kappa shape index (κ1) is 29.8. The molecule has 2 atom stereocenters. The number of ether oxygens (including phenoxy) is 1. The number of carbonyl (C=O) groups excluding carboxylic acids is 2. The van der Waals surface area contributed by atoms with Gasteiger partial charge in [-0.2, -0.15) is 0 Å². The van der Waals surface area contributed by atoms with Crippen molar-refractivity contribution >= 4 is 35.1 Å². The highest BCUT2D eigenvalue weighted by atomic mass is 35.5. The fraction of sp³-hybridized carbons (Fsp3) is 0.235. The molecule has 0 saturated carbocycles. The number of nitrogens with zero attached hydrogens (tertiary/aromatic N) is 2. The lowest BCUT2D eigenvalue weighted by atomic mass is 10.0. The summed E-state index contributed by atoms with van der Waals surface area (Å²) in [6.07, 6.45) is 0.564. The standard InChI is InChI=1S/C34H32Cl2N2O4/c35-30-17-16-26(20-31(30)36)21-33(39)38(41-24-25-10-4-1-5-11-25)32(27-12-6-2-7-13-27)23-37-19-18-29(22-37)42-34(40)28-14-8-3-9-15-28/h1-17,20,29,32H,18-19,21-24H2. The molecular formula is C34H32Cl2N2O4. The van der Waals surface area contributed by atoms with Crippen molar-refractivity contribution in [3.05, 3.63) is 141 Å². The van der Waals surface area contributed by atoms with Crippen LogP contribution >= 0.6 is 23.2 Å². The molecule has 5 rings (SSSR count). The summed E-state index contributed by atoms with van der Waals surface area (Å²) in [4.78, 5) is 35.1. The molecule has 2 unspecified atom stereocenters. The Morgan fingerprint density at radius 3 is 2.19 bits per heavy atom. The van der Waals surface area contributed by atoms with Crippen molar-refractivity contribution in [3.8, 4) is 0 Å². The van der Waals surface area contributed by atoms with Crippen LogP contribution in [0.15, 0.2) is 109 Å². The van der Waals surface area contributed by atoms with Crippen LogP contribution in [0.2, 0.25) is 10.0 Å². The van der Waals surface area contributed by atoms with Gasteiger partial charge in [0.15, 0.2) is 0 Å². The largest absolute Gasteiger partial charge is 0.457 e. The van der Waals surface area contributed by atoms with Gasteiger partial charge in [0, 0.05) is 19.6 Å². The van der Waals surface area contributed by atoms with Crippen molar-refractivity contribution < 1.29 is 19.2 Å². The predicted octanol–water partition coefficient (Wildman–Crippen LogP) is 7.17. The third-order valence-electron chi connectivity index (χ3n) is 7.21. The fourth-order valence-corrected chi connectivity index (χ4v) is 5.36. The molecule has 1 aliphatic rings. The molecule has 1 heterocycles. The maximum absolute atomic E-state index is 13.9. The van der Waals surface area contributed by atoms with Crippen LogP contribution in [-0.2, 0) is 27.4 Å². The van der Waals surface area contributed by atoms with Crippen molar-refractivity contribution in [1.29, 1.82) is 0 Å². The van der Waals surface area contributed by atoms with Gasteiger partial charge in [-0.05, 0) is 47.4 Å². The second kappa shape index (κ2) is 14.5. The van der Waals surface area contributed by atoms with Gasteiger partial charge in [0.05, 0.1) is 28.1 Å². The first-order valence-corrected chi connectivity index (χ1v) is 14.7. The molecule has 0 spiro atoms. The average Bonchev–Trinajstić information content (AvgIpc) is 3.46. The normalized spacial score (nSPS) is 15.7. The molecule has 8 heteroatoms. The monoisotopic (exact) mass is 602 g/mol. The zero-order valence-electron chi connectivity index (χ0n) is 23.1. The van der Waals surface area contributed by atoms with E-state index in [-0.39, 0.29) is 31.0 Å². The number of rotatable bonds is 11. The predicted molar refractivity (Wildman–Crippen MR) is 164 cm³/mol. The Morgan fingerprint density at radius 2 is 1.50 bits per heavy atom. The second-order valence-corrected chi connectivity index (χ2v) is 11.1. The minimum Gasteiger partial charge on any atom is -0.457 e. The van der Waals surface area contributed by atoms with E-state index < -0.39 is 6.04 Å². The number of likely N-dealkylation sites (tertiary alicyclic amines) is 1. The van der Waals surface area contributed by atoms with Gasteiger partial charge in [-0.15, -0.1) is 0 Å². The van der Waals surface area contributed by atoms with E-state index in [1.165, 1.54) is 5.06 Å². The summed E-state index contributed by atoms with van der Waals surface area (Å²) in [6, 6.07) is 33.4. The van der Waals surface area contributed by atoms with Crippen molar-refractivity contribution in [2.75, 3.05) is 19.6 Å². The third kappa shape index (κ3) is 7.99. The molecule has 42 heavy (non-hydrogen) atoms. The van der Waals surface area contributed by atoms with E-state index in [1.807, 2.05) is 78.9 Å². The minimum atomic E-state index is -0.409. The molecule has 1 saturated heterocycles. The van der Waals surface area contributed by atoms with Crippen molar-refractivity contribution in [2.45, 2.75) is 31.6 Å². The van der Waals surface area contributed by atoms with E-state index in [0.29, 0.717) is 35.1 Å². The molecule has 1 fully saturated rings. The van der Waals surface area contributed by atoms with Crippen LogP contribution in [-0.4, -0.2) is 47.6 Å². The van der Waals surface area contributed by atoms with E-state index in [4.69, 9.17) is 32.8 Å². The van der Waals surface area contributed by atoms with E-state index >= 15 is 0 Å². The molecule has 0 aromatic heterocycles. The number of amides is 1. The van der Waals surface area contributed by atoms with Crippen LogP contribution in [0.4, 0.5) is 0 Å². The van der Waals surface area contributed by atoms with Gasteiger partial charge in [-0.25, -0.2) is 9.86 Å². The molecule has 0 N–H and O–H groups in total. The van der Waals surface area contributed by atoms with Crippen LogP contribution in [0, 0.1) is 0 Å². The zero-order chi connectivity index (χ0) is 29.3. The van der Waals surface area contributed by atoms with Gasteiger partial charge in [0.2, 0.25) is 0 Å². The number of benzene rings is 4. The molecule has 0 bridgehead atoms. The molecule has 0 aliphatic carbocycles. The Balaban J connectivity index is 1.36. The maximum Gasteiger partial charge on any atom is 0.338 e. The maximum atomic E-state index is 13.9. The molecule has 4 aromatic carbocycles. The Hall–Kier alpha value is -3.68. The van der Waals surface area contributed by atoms with Crippen molar-refractivity contribution in [2.24, 2.45) is 0 Å². The third-order valence-corrected chi connectivity index (χ3v) is 7.95. The van der Waals surface area contributed by atoms with Gasteiger partial charge < -0.3 is 4.74 Å². The Bertz CT molecular complexity index is 1470. The highest BCUT2D eigenvalue weighted by molar-refractivity contribution is 6.42. The molecule has 6 nitrogen and oxygen atoms in total. The van der Waals surface area contributed by atoms with E-state index in [1.54, 1.807) is 30.3 Å². The van der Waals surface area contributed by atoms with E-state index in [9.17, 15) is 9.59 Å². The Morgan fingerprint density at radius 1 is 0.833 bits per heavy atom. The summed E-state index contributed by atoms with van der Waals surface area (Å²) in [7, 11) is 0. The summed E-state index contributed by atoms with van der Waals surface area (Å²) in [6.45, 7) is 2.03. The van der Waals surface area contributed by atoms with E-state index in [2.05, 4.69) is 4.90 Å². The Labute approximate surface area is 256 Å². The van der Waals surface area contributed by atoms with Crippen LogP contribution in [0.5, 0.6) is 0 Å². The first-order valence-electron chi connectivity index (χ1n) is 13.9. The number of hydroxylamine groups is 2. The molecule has 1 amide bonds. The summed E-state index contributed by atoms with van der Waals surface area (Å²) in [5.41, 5.74) is 3.17. The van der Waals surface area contributed by atoms with Gasteiger partial charge >= 0.3 is 5.97 Å². The molecule has 0 radical (unpaired) electrons. The zero-order valence-corrected chi connectivity index (χ0v) is 24.6. The molecule has 1 aliphatic heterocycles. The SMILES string of the molecule is O=C(OC1CCN(CC(c2ccccc2)N(OCc2ccccc2)C(=O)Cc2ccc(Cl)c(Cl)c2)C1)c1ccccc1. The van der Waals surface area contributed by atoms with Crippen LogP contribution in [0.25, 0.3) is 0 Å². The number of hydrogen-bond donors (Lipinski definition) is 0. The van der Waals surface area contributed by atoms with Gasteiger partial charge in [-0.1, -0.05) is 108 Å². The molecular weight excluding hydrogens is 571 g/mol. The lowest BCUT2D eigenvalue weighted by molar-refractivity contribution is -0.208. The minimum absolute atomic E-state index is 0.0896.